The minimum absolute atomic E-state index is 0.159. The van der Waals surface area contributed by atoms with E-state index in [1.807, 2.05) is 6.07 Å². The standard InChI is InChI=1S/C13H18N2O2S/c16-12(15-4-3-11-2-1-5-18-11)13-8-14-6-10(13)7-17-9-13/h1-2,5,10,14H,3-4,6-9H2,(H,15,16)/t10-,13-/m1/s1. The van der Waals surface area contributed by atoms with E-state index >= 15 is 0 Å². The van der Waals surface area contributed by atoms with Crippen molar-refractivity contribution < 1.29 is 9.53 Å². The molecular weight excluding hydrogens is 248 g/mol. The molecule has 2 saturated heterocycles. The van der Waals surface area contributed by atoms with Crippen molar-refractivity contribution in [2.45, 2.75) is 6.42 Å². The zero-order valence-corrected chi connectivity index (χ0v) is 11.1. The van der Waals surface area contributed by atoms with Crippen LogP contribution in [-0.4, -0.2) is 38.8 Å². The van der Waals surface area contributed by atoms with Gasteiger partial charge in [-0.05, 0) is 17.9 Å². The summed E-state index contributed by atoms with van der Waals surface area (Å²) in [5, 5.41) is 8.45. The van der Waals surface area contributed by atoms with Gasteiger partial charge in [0.15, 0.2) is 0 Å². The molecule has 1 amide bonds. The van der Waals surface area contributed by atoms with E-state index in [0.29, 0.717) is 25.7 Å². The lowest BCUT2D eigenvalue weighted by atomic mass is 9.80. The third-order valence-corrected chi connectivity index (χ3v) is 4.92. The van der Waals surface area contributed by atoms with Gasteiger partial charge in [-0.2, -0.15) is 0 Å². The first-order chi connectivity index (χ1) is 8.81. The maximum absolute atomic E-state index is 12.3. The summed E-state index contributed by atoms with van der Waals surface area (Å²) in [5.41, 5.74) is -0.310. The highest BCUT2D eigenvalue weighted by molar-refractivity contribution is 7.09. The molecule has 2 N–H and O–H groups in total. The molecule has 4 nitrogen and oxygen atoms in total. The Morgan fingerprint density at radius 1 is 1.67 bits per heavy atom. The molecule has 3 heterocycles. The molecule has 3 rings (SSSR count). The monoisotopic (exact) mass is 266 g/mol. The molecule has 2 aliphatic rings. The molecule has 0 spiro atoms. The van der Waals surface area contributed by atoms with Gasteiger partial charge in [0.2, 0.25) is 5.91 Å². The molecule has 1 aromatic rings. The number of carbonyl (C=O) groups is 1. The van der Waals surface area contributed by atoms with Crippen LogP contribution in [0.5, 0.6) is 0 Å². The maximum atomic E-state index is 12.3. The Labute approximate surface area is 111 Å². The van der Waals surface area contributed by atoms with Gasteiger partial charge in [-0.15, -0.1) is 11.3 Å². The Morgan fingerprint density at radius 2 is 2.61 bits per heavy atom. The molecule has 0 aromatic carbocycles. The smallest absolute Gasteiger partial charge is 0.230 e. The summed E-state index contributed by atoms with van der Waals surface area (Å²) in [4.78, 5) is 13.7. The van der Waals surface area contributed by atoms with Crippen LogP contribution in [0.4, 0.5) is 0 Å². The fraction of sp³-hybridized carbons (Fsp3) is 0.615. The molecule has 2 atom stereocenters. The second-order valence-electron chi connectivity index (χ2n) is 5.08. The second-order valence-corrected chi connectivity index (χ2v) is 6.12. The number of amides is 1. The molecule has 0 bridgehead atoms. The van der Waals surface area contributed by atoms with E-state index in [0.717, 1.165) is 19.5 Å². The van der Waals surface area contributed by atoms with Crippen LogP contribution < -0.4 is 10.6 Å². The lowest BCUT2D eigenvalue weighted by Crippen LogP contribution is -2.46. The van der Waals surface area contributed by atoms with Gasteiger partial charge in [0.1, 0.15) is 0 Å². The minimum Gasteiger partial charge on any atom is -0.380 e. The fourth-order valence-electron chi connectivity index (χ4n) is 2.84. The molecule has 18 heavy (non-hydrogen) atoms. The molecule has 0 aliphatic carbocycles. The number of ether oxygens (including phenoxy) is 1. The lowest BCUT2D eigenvalue weighted by Gasteiger charge is -2.24. The van der Waals surface area contributed by atoms with Crippen molar-refractivity contribution >= 4 is 17.2 Å². The van der Waals surface area contributed by atoms with Gasteiger partial charge in [0.25, 0.3) is 0 Å². The molecule has 0 radical (unpaired) electrons. The summed E-state index contributed by atoms with van der Waals surface area (Å²) in [5.74, 6) is 0.505. The van der Waals surface area contributed by atoms with Crippen molar-refractivity contribution in [1.82, 2.24) is 10.6 Å². The average molecular weight is 266 g/mol. The zero-order valence-electron chi connectivity index (χ0n) is 10.3. The van der Waals surface area contributed by atoms with Crippen LogP contribution in [0.2, 0.25) is 0 Å². The van der Waals surface area contributed by atoms with Crippen molar-refractivity contribution in [3.8, 4) is 0 Å². The number of hydrogen-bond acceptors (Lipinski definition) is 4. The quantitative estimate of drug-likeness (QED) is 0.841. The Morgan fingerprint density at radius 3 is 3.44 bits per heavy atom. The second kappa shape index (κ2) is 4.99. The van der Waals surface area contributed by atoms with Crippen molar-refractivity contribution in [2.75, 3.05) is 32.8 Å². The Balaban J connectivity index is 1.55. The van der Waals surface area contributed by atoms with Crippen LogP contribution in [0.1, 0.15) is 4.88 Å². The Bertz CT molecular complexity index is 409. The normalized spacial score (nSPS) is 30.3. The zero-order chi connectivity index (χ0) is 12.4. The number of thiophene rings is 1. The number of carbonyl (C=O) groups excluding carboxylic acids is 1. The Kier molecular flexibility index (Phi) is 3.37. The average Bonchev–Trinajstić information content (AvgIpc) is 3.04. The first kappa shape index (κ1) is 12.1. The van der Waals surface area contributed by atoms with Crippen LogP contribution in [0.3, 0.4) is 0 Å². The fourth-order valence-corrected chi connectivity index (χ4v) is 3.55. The SMILES string of the molecule is O=C(NCCc1cccs1)[C@@]12CNC[C@@H]1COC2. The highest BCUT2D eigenvalue weighted by atomic mass is 32.1. The topological polar surface area (TPSA) is 50.4 Å². The summed E-state index contributed by atoms with van der Waals surface area (Å²) in [6.45, 7) is 3.65. The van der Waals surface area contributed by atoms with Crippen LogP contribution in [0, 0.1) is 11.3 Å². The summed E-state index contributed by atoms with van der Waals surface area (Å²) in [6.07, 6.45) is 0.915. The van der Waals surface area contributed by atoms with Crippen molar-refractivity contribution in [3.63, 3.8) is 0 Å². The Hall–Kier alpha value is -0.910. The molecule has 2 fully saturated rings. The van der Waals surface area contributed by atoms with E-state index in [-0.39, 0.29) is 11.3 Å². The van der Waals surface area contributed by atoms with Crippen molar-refractivity contribution in [3.05, 3.63) is 22.4 Å². The number of rotatable bonds is 4. The first-order valence-corrected chi connectivity index (χ1v) is 7.28. The molecule has 1 aromatic heterocycles. The van der Waals surface area contributed by atoms with E-state index in [2.05, 4.69) is 22.1 Å². The van der Waals surface area contributed by atoms with Gasteiger partial charge in [-0.25, -0.2) is 0 Å². The van der Waals surface area contributed by atoms with Gasteiger partial charge in [-0.3, -0.25) is 4.79 Å². The van der Waals surface area contributed by atoms with Crippen LogP contribution in [0.25, 0.3) is 0 Å². The van der Waals surface area contributed by atoms with Gasteiger partial charge >= 0.3 is 0 Å². The molecule has 0 saturated carbocycles. The highest BCUT2D eigenvalue weighted by Gasteiger charge is 2.52. The third-order valence-electron chi connectivity index (χ3n) is 3.98. The lowest BCUT2D eigenvalue weighted by molar-refractivity contribution is -0.131. The van der Waals surface area contributed by atoms with Gasteiger partial charge in [0.05, 0.1) is 18.6 Å². The summed E-state index contributed by atoms with van der Waals surface area (Å²) >= 11 is 1.74. The maximum Gasteiger partial charge on any atom is 0.230 e. The van der Waals surface area contributed by atoms with Crippen molar-refractivity contribution in [1.29, 1.82) is 0 Å². The molecule has 0 unspecified atom stereocenters. The van der Waals surface area contributed by atoms with E-state index in [1.54, 1.807) is 11.3 Å². The van der Waals surface area contributed by atoms with E-state index in [4.69, 9.17) is 4.74 Å². The van der Waals surface area contributed by atoms with Gasteiger partial charge < -0.3 is 15.4 Å². The van der Waals surface area contributed by atoms with Gasteiger partial charge in [0, 0.05) is 30.4 Å². The molecular formula is C13H18N2O2S. The van der Waals surface area contributed by atoms with E-state index < -0.39 is 0 Å². The summed E-state index contributed by atoms with van der Waals surface area (Å²) in [6, 6.07) is 4.15. The minimum atomic E-state index is -0.310. The predicted octanol–water partition coefficient (Wildman–Crippen LogP) is 0.643. The summed E-state index contributed by atoms with van der Waals surface area (Å²) < 4.78 is 5.49. The molecule has 5 heteroatoms. The number of nitrogens with one attached hydrogen (secondary N) is 2. The largest absolute Gasteiger partial charge is 0.380 e. The van der Waals surface area contributed by atoms with E-state index in [9.17, 15) is 4.79 Å². The number of hydrogen-bond donors (Lipinski definition) is 2. The molecule has 98 valence electrons. The third kappa shape index (κ3) is 2.06. The summed E-state index contributed by atoms with van der Waals surface area (Å²) in [7, 11) is 0. The van der Waals surface area contributed by atoms with Crippen molar-refractivity contribution in [2.24, 2.45) is 11.3 Å². The van der Waals surface area contributed by atoms with E-state index in [1.165, 1.54) is 4.88 Å². The van der Waals surface area contributed by atoms with Crippen LogP contribution in [0.15, 0.2) is 17.5 Å². The predicted molar refractivity (Wildman–Crippen MR) is 70.6 cm³/mol. The highest BCUT2D eigenvalue weighted by Crippen LogP contribution is 2.37. The van der Waals surface area contributed by atoms with Gasteiger partial charge in [-0.1, -0.05) is 6.07 Å². The molecule has 2 aliphatic heterocycles. The van der Waals surface area contributed by atoms with Crippen LogP contribution in [-0.2, 0) is 16.0 Å². The first-order valence-electron chi connectivity index (χ1n) is 6.40. The number of fused-ring (bicyclic) bond motifs is 1. The van der Waals surface area contributed by atoms with Crippen LogP contribution >= 0.6 is 11.3 Å².